The van der Waals surface area contributed by atoms with Gasteiger partial charge in [-0.1, -0.05) is 157 Å². The van der Waals surface area contributed by atoms with Gasteiger partial charge in [0.05, 0.1) is 32.0 Å². The highest BCUT2D eigenvalue weighted by atomic mass is 16.7. The van der Waals surface area contributed by atoms with Crippen LogP contribution in [0.15, 0.2) is 85.1 Å². The van der Waals surface area contributed by atoms with E-state index in [0.717, 1.165) is 70.6 Å². The maximum atomic E-state index is 13.0. The Hall–Kier alpha value is -2.83. The summed E-state index contributed by atoms with van der Waals surface area (Å²) in [4.78, 5) is 13.0. The molecule has 2 fully saturated rings. The first-order chi connectivity index (χ1) is 32.1. The van der Waals surface area contributed by atoms with Crippen LogP contribution < -0.4 is 5.32 Å². The smallest absolute Gasteiger partial charge is 0.220 e. The molecule has 0 aromatic heterocycles. The fraction of sp³-hybridized carbons (Fsp3) is 0.712. The predicted molar refractivity (Wildman–Crippen MR) is 258 cm³/mol. The zero-order valence-electron chi connectivity index (χ0n) is 39.9. The third kappa shape index (κ3) is 25.0. The van der Waals surface area contributed by atoms with Crippen LogP contribution in [0.1, 0.15) is 142 Å². The van der Waals surface area contributed by atoms with Crippen molar-refractivity contribution in [3.8, 4) is 0 Å². The SMILES string of the molecule is CC/C=C\C/C=C\C/C=C\C/C=C\C/C=C\C/C=C\CCCCCCCCCCCCC(=O)NC(COC1OC(CO)C(OC2OC(CO)C(O)C(O)C2O)C(O)C1O)C(O)/C=C/CCC. The molecule has 12 unspecified atom stereocenters. The average Bonchev–Trinajstić information content (AvgIpc) is 3.31. The summed E-state index contributed by atoms with van der Waals surface area (Å²) in [6.07, 6.45) is 33.2. The molecule has 2 aliphatic rings. The van der Waals surface area contributed by atoms with Gasteiger partial charge in [-0.3, -0.25) is 4.79 Å². The van der Waals surface area contributed by atoms with Gasteiger partial charge in [-0.2, -0.15) is 0 Å². The molecule has 0 saturated carbocycles. The second kappa shape index (κ2) is 38.1. The lowest BCUT2D eigenvalue weighted by atomic mass is 9.97. The van der Waals surface area contributed by atoms with Crippen molar-refractivity contribution < 1.29 is 64.6 Å². The van der Waals surface area contributed by atoms with Crippen LogP contribution in [-0.4, -0.2) is 140 Å². The second-order valence-electron chi connectivity index (χ2n) is 17.2. The number of amides is 1. The van der Waals surface area contributed by atoms with Gasteiger partial charge in [-0.15, -0.1) is 0 Å². The molecule has 0 radical (unpaired) electrons. The molecule has 0 spiro atoms. The number of hydrogen-bond acceptors (Lipinski definition) is 13. The van der Waals surface area contributed by atoms with Gasteiger partial charge in [0.1, 0.15) is 48.8 Å². The summed E-state index contributed by atoms with van der Waals surface area (Å²) in [6.45, 7) is 2.41. The Morgan fingerprint density at radius 1 is 0.561 bits per heavy atom. The zero-order valence-corrected chi connectivity index (χ0v) is 39.9. The van der Waals surface area contributed by atoms with E-state index in [2.05, 4.69) is 85.2 Å². The summed E-state index contributed by atoms with van der Waals surface area (Å²) in [5.41, 5.74) is 0. The van der Waals surface area contributed by atoms with Gasteiger partial charge in [0.15, 0.2) is 12.6 Å². The minimum Gasteiger partial charge on any atom is -0.394 e. The summed E-state index contributed by atoms with van der Waals surface area (Å²) in [7, 11) is 0. The molecule has 0 aromatic carbocycles. The van der Waals surface area contributed by atoms with Crippen molar-refractivity contribution in [3.63, 3.8) is 0 Å². The molecular formula is C52H87NO13. The van der Waals surface area contributed by atoms with Crippen LogP contribution in [0.3, 0.4) is 0 Å². The van der Waals surface area contributed by atoms with Gasteiger partial charge in [0.25, 0.3) is 0 Å². The van der Waals surface area contributed by atoms with Crippen molar-refractivity contribution in [3.05, 3.63) is 85.1 Å². The van der Waals surface area contributed by atoms with Crippen molar-refractivity contribution in [1.82, 2.24) is 5.32 Å². The van der Waals surface area contributed by atoms with Crippen LogP contribution >= 0.6 is 0 Å². The van der Waals surface area contributed by atoms with E-state index < -0.39 is 86.8 Å². The number of hydrogen-bond donors (Lipinski definition) is 9. The molecule has 2 aliphatic heterocycles. The molecule has 14 nitrogen and oxygen atoms in total. The monoisotopic (exact) mass is 934 g/mol. The summed E-state index contributed by atoms with van der Waals surface area (Å²) in [5.74, 6) is -0.262. The summed E-state index contributed by atoms with van der Waals surface area (Å²) in [5, 5.41) is 85.8. The molecule has 2 saturated heterocycles. The lowest BCUT2D eigenvalue weighted by Crippen LogP contribution is -2.65. The van der Waals surface area contributed by atoms with Gasteiger partial charge in [-0.05, 0) is 64.2 Å². The highest BCUT2D eigenvalue weighted by Gasteiger charge is 2.51. The zero-order chi connectivity index (χ0) is 48.2. The van der Waals surface area contributed by atoms with E-state index >= 15 is 0 Å². The predicted octanol–water partition coefficient (Wildman–Crippen LogP) is 6.21. The maximum Gasteiger partial charge on any atom is 0.220 e. The van der Waals surface area contributed by atoms with Crippen LogP contribution in [0.2, 0.25) is 0 Å². The Balaban J connectivity index is 1.60. The summed E-state index contributed by atoms with van der Waals surface area (Å²) < 4.78 is 22.4. The number of unbranched alkanes of at least 4 members (excludes halogenated alkanes) is 11. The molecule has 2 heterocycles. The van der Waals surface area contributed by atoms with Gasteiger partial charge < -0.3 is 65.1 Å². The van der Waals surface area contributed by atoms with E-state index in [0.29, 0.717) is 12.8 Å². The Labute approximate surface area is 395 Å². The molecule has 378 valence electrons. The van der Waals surface area contributed by atoms with Gasteiger partial charge in [0, 0.05) is 6.42 Å². The average molecular weight is 934 g/mol. The van der Waals surface area contributed by atoms with Crippen LogP contribution in [0.25, 0.3) is 0 Å². The number of nitrogens with one attached hydrogen (secondary N) is 1. The Morgan fingerprint density at radius 2 is 1.05 bits per heavy atom. The van der Waals surface area contributed by atoms with Crippen molar-refractivity contribution in [1.29, 1.82) is 0 Å². The number of carbonyl (C=O) groups excluding carboxylic acids is 1. The lowest BCUT2D eigenvalue weighted by molar-refractivity contribution is -0.359. The van der Waals surface area contributed by atoms with Gasteiger partial charge >= 0.3 is 0 Å². The van der Waals surface area contributed by atoms with Crippen LogP contribution in [-0.2, 0) is 23.7 Å². The molecule has 66 heavy (non-hydrogen) atoms. The third-order valence-electron chi connectivity index (χ3n) is 11.6. The first-order valence-corrected chi connectivity index (χ1v) is 24.8. The minimum absolute atomic E-state index is 0.262. The molecule has 0 aromatic rings. The van der Waals surface area contributed by atoms with Crippen LogP contribution in [0.4, 0.5) is 0 Å². The van der Waals surface area contributed by atoms with Crippen molar-refractivity contribution in [2.45, 2.75) is 216 Å². The fourth-order valence-electron chi connectivity index (χ4n) is 7.53. The molecule has 1 amide bonds. The van der Waals surface area contributed by atoms with Crippen LogP contribution in [0.5, 0.6) is 0 Å². The van der Waals surface area contributed by atoms with Crippen molar-refractivity contribution >= 4 is 5.91 Å². The van der Waals surface area contributed by atoms with E-state index in [9.17, 15) is 45.6 Å². The number of aliphatic hydroxyl groups excluding tert-OH is 8. The van der Waals surface area contributed by atoms with E-state index in [1.165, 1.54) is 38.5 Å². The van der Waals surface area contributed by atoms with Gasteiger partial charge in [0.2, 0.25) is 5.91 Å². The number of carbonyl (C=O) groups is 1. The molecule has 9 N–H and O–H groups in total. The number of aliphatic hydroxyl groups is 8. The van der Waals surface area contributed by atoms with E-state index in [4.69, 9.17) is 18.9 Å². The van der Waals surface area contributed by atoms with Crippen molar-refractivity contribution in [2.75, 3.05) is 19.8 Å². The van der Waals surface area contributed by atoms with E-state index in [1.54, 1.807) is 12.2 Å². The van der Waals surface area contributed by atoms with Gasteiger partial charge in [-0.25, -0.2) is 0 Å². The first kappa shape index (κ1) is 59.3. The molecule has 2 rings (SSSR count). The Bertz CT molecular complexity index is 1430. The number of rotatable bonds is 36. The Morgan fingerprint density at radius 3 is 1.58 bits per heavy atom. The fourth-order valence-corrected chi connectivity index (χ4v) is 7.53. The highest BCUT2D eigenvalue weighted by Crippen LogP contribution is 2.30. The lowest BCUT2D eigenvalue weighted by Gasteiger charge is -2.46. The largest absolute Gasteiger partial charge is 0.394 e. The maximum absolute atomic E-state index is 13.0. The normalized spacial score (nSPS) is 27.5. The molecular weight excluding hydrogens is 847 g/mol. The third-order valence-corrected chi connectivity index (χ3v) is 11.6. The molecule has 0 aliphatic carbocycles. The molecule has 0 bridgehead atoms. The highest BCUT2D eigenvalue weighted by molar-refractivity contribution is 5.76. The van der Waals surface area contributed by atoms with Crippen molar-refractivity contribution in [2.24, 2.45) is 0 Å². The standard InChI is InChI=1S/C52H87NO13/c1-3-5-7-8-9-10-11-12-13-14-15-16-17-18-19-20-21-22-23-24-25-26-27-28-29-30-31-32-34-36-44(57)53-40(41(56)35-33-6-4-2)39-63-51-49(62)47(60)50(43(38-55)65-51)66-52-48(61)46(59)45(58)42(37-54)64-52/h5,7,9-10,12-13,15-16,18-19,21-22,33,35,40-43,45-52,54-56,58-62H,3-4,6,8,11,14,17,20,23-32,34,36-39H2,1-2H3,(H,53,57)/b7-5-,10-9-,13-12-,16-15-,19-18-,22-21-,35-33+. The van der Waals surface area contributed by atoms with E-state index in [1.807, 2.05) is 6.92 Å². The quantitative estimate of drug-likeness (QED) is 0.0252. The van der Waals surface area contributed by atoms with Crippen LogP contribution in [0, 0.1) is 0 Å². The topological polar surface area (TPSA) is 228 Å². The van der Waals surface area contributed by atoms with E-state index in [-0.39, 0.29) is 18.9 Å². The number of ether oxygens (including phenoxy) is 4. The first-order valence-electron chi connectivity index (χ1n) is 24.8. The Kier molecular flexibility index (Phi) is 34.2. The number of allylic oxidation sites excluding steroid dienone is 13. The molecule has 12 atom stereocenters. The molecule has 14 heteroatoms. The summed E-state index contributed by atoms with van der Waals surface area (Å²) in [6, 6.07) is -0.917. The summed E-state index contributed by atoms with van der Waals surface area (Å²) >= 11 is 0. The second-order valence-corrected chi connectivity index (χ2v) is 17.2. The minimum atomic E-state index is -1.79.